The Bertz CT molecular complexity index is 280. The van der Waals surface area contributed by atoms with Crippen LogP contribution < -0.4 is 5.32 Å². The maximum atomic E-state index is 3.66. The molecule has 0 amide bonds. The summed E-state index contributed by atoms with van der Waals surface area (Å²) in [4.78, 5) is 1.42. The molecular weight excluding hydrogens is 214 g/mol. The van der Waals surface area contributed by atoms with E-state index in [1.807, 2.05) is 11.3 Å². The summed E-state index contributed by atoms with van der Waals surface area (Å²) in [5.41, 5.74) is 1.49. The third-order valence-electron chi connectivity index (χ3n) is 2.89. The summed E-state index contributed by atoms with van der Waals surface area (Å²) in [6.07, 6.45) is 6.50. The second kappa shape index (κ2) is 7.86. The quantitative estimate of drug-likeness (QED) is 0.650. The van der Waals surface area contributed by atoms with Crippen molar-refractivity contribution < 1.29 is 0 Å². The Labute approximate surface area is 104 Å². The van der Waals surface area contributed by atoms with Crippen LogP contribution in [0.5, 0.6) is 0 Å². The molecule has 1 aromatic heterocycles. The van der Waals surface area contributed by atoms with Gasteiger partial charge in [0.15, 0.2) is 0 Å². The first-order valence-corrected chi connectivity index (χ1v) is 7.44. The molecule has 0 aliphatic carbocycles. The van der Waals surface area contributed by atoms with Crippen molar-refractivity contribution in [2.45, 2.75) is 58.9 Å². The predicted molar refractivity (Wildman–Crippen MR) is 74.2 cm³/mol. The molecule has 0 saturated carbocycles. The van der Waals surface area contributed by atoms with Gasteiger partial charge in [0.2, 0.25) is 0 Å². The molecule has 0 aromatic carbocycles. The standard InChI is InChI=1S/C14H25NS/c1-4-6-7-8-14(15-9-5-2)13-10-12(3)16-11-13/h10-11,14-15H,4-9H2,1-3H3. The number of hydrogen-bond donors (Lipinski definition) is 1. The van der Waals surface area contributed by atoms with Crippen LogP contribution in [-0.4, -0.2) is 6.54 Å². The van der Waals surface area contributed by atoms with Crippen molar-refractivity contribution in [1.29, 1.82) is 0 Å². The van der Waals surface area contributed by atoms with Crippen LogP contribution in [0.3, 0.4) is 0 Å². The highest BCUT2D eigenvalue weighted by atomic mass is 32.1. The molecule has 0 aliphatic rings. The van der Waals surface area contributed by atoms with Crippen LogP contribution >= 0.6 is 11.3 Å². The van der Waals surface area contributed by atoms with Gasteiger partial charge in [0, 0.05) is 10.9 Å². The van der Waals surface area contributed by atoms with Gasteiger partial charge >= 0.3 is 0 Å². The molecule has 1 heterocycles. The third-order valence-corrected chi connectivity index (χ3v) is 3.77. The van der Waals surface area contributed by atoms with Gasteiger partial charge in [-0.3, -0.25) is 0 Å². The van der Waals surface area contributed by atoms with Crippen LogP contribution in [0, 0.1) is 6.92 Å². The summed E-state index contributed by atoms with van der Waals surface area (Å²) in [6, 6.07) is 2.92. The highest BCUT2D eigenvalue weighted by Gasteiger charge is 2.11. The number of hydrogen-bond acceptors (Lipinski definition) is 2. The van der Waals surface area contributed by atoms with Crippen molar-refractivity contribution in [3.05, 3.63) is 21.9 Å². The lowest BCUT2D eigenvalue weighted by atomic mass is 10.0. The minimum Gasteiger partial charge on any atom is -0.310 e. The molecular formula is C14H25NS. The smallest absolute Gasteiger partial charge is 0.0328 e. The Hall–Kier alpha value is -0.340. The largest absolute Gasteiger partial charge is 0.310 e. The van der Waals surface area contributed by atoms with Gasteiger partial charge in [-0.05, 0) is 43.3 Å². The van der Waals surface area contributed by atoms with Crippen LogP contribution in [0.15, 0.2) is 11.4 Å². The van der Waals surface area contributed by atoms with Gasteiger partial charge in [-0.1, -0.05) is 33.1 Å². The van der Waals surface area contributed by atoms with E-state index in [0.717, 1.165) is 6.54 Å². The van der Waals surface area contributed by atoms with E-state index < -0.39 is 0 Å². The number of thiophene rings is 1. The molecule has 0 saturated heterocycles. The van der Waals surface area contributed by atoms with Crippen molar-refractivity contribution >= 4 is 11.3 Å². The molecule has 0 fully saturated rings. The van der Waals surface area contributed by atoms with Crippen LogP contribution in [0.25, 0.3) is 0 Å². The fraction of sp³-hybridized carbons (Fsp3) is 0.714. The van der Waals surface area contributed by atoms with Crippen molar-refractivity contribution in [3.8, 4) is 0 Å². The van der Waals surface area contributed by atoms with Gasteiger partial charge in [0.1, 0.15) is 0 Å². The lowest BCUT2D eigenvalue weighted by molar-refractivity contribution is 0.475. The Balaban J connectivity index is 2.49. The first-order chi connectivity index (χ1) is 7.77. The van der Waals surface area contributed by atoms with Crippen molar-refractivity contribution in [3.63, 3.8) is 0 Å². The fourth-order valence-corrected chi connectivity index (χ4v) is 2.71. The van der Waals surface area contributed by atoms with E-state index in [1.165, 1.54) is 42.5 Å². The van der Waals surface area contributed by atoms with E-state index in [-0.39, 0.29) is 0 Å². The van der Waals surface area contributed by atoms with Gasteiger partial charge in [0.05, 0.1) is 0 Å². The molecule has 0 spiro atoms. The van der Waals surface area contributed by atoms with E-state index >= 15 is 0 Å². The van der Waals surface area contributed by atoms with Gasteiger partial charge in [-0.15, -0.1) is 11.3 Å². The summed E-state index contributed by atoms with van der Waals surface area (Å²) in [7, 11) is 0. The van der Waals surface area contributed by atoms with Crippen LogP contribution in [0.2, 0.25) is 0 Å². The predicted octanol–water partition coefficient (Wildman–Crippen LogP) is 4.68. The van der Waals surface area contributed by atoms with Crippen molar-refractivity contribution in [1.82, 2.24) is 5.32 Å². The minimum absolute atomic E-state index is 0.580. The molecule has 1 nitrogen and oxygen atoms in total. The SMILES string of the molecule is CCCCCC(NCCC)c1csc(C)c1. The maximum absolute atomic E-state index is 3.66. The summed E-state index contributed by atoms with van der Waals surface area (Å²) < 4.78 is 0. The molecule has 1 N–H and O–H groups in total. The van der Waals surface area contributed by atoms with E-state index in [0.29, 0.717) is 6.04 Å². The number of rotatable bonds is 8. The first-order valence-electron chi connectivity index (χ1n) is 6.56. The molecule has 1 atom stereocenters. The Morgan fingerprint density at radius 1 is 1.25 bits per heavy atom. The zero-order valence-corrected chi connectivity index (χ0v) is 11.7. The summed E-state index contributed by atoms with van der Waals surface area (Å²) >= 11 is 1.87. The highest BCUT2D eigenvalue weighted by molar-refractivity contribution is 7.10. The summed E-state index contributed by atoms with van der Waals surface area (Å²) in [5, 5.41) is 5.98. The molecule has 16 heavy (non-hydrogen) atoms. The molecule has 92 valence electrons. The van der Waals surface area contributed by atoms with Gasteiger partial charge in [0.25, 0.3) is 0 Å². The average Bonchev–Trinajstić information content (AvgIpc) is 2.70. The van der Waals surface area contributed by atoms with E-state index in [1.54, 1.807) is 0 Å². The van der Waals surface area contributed by atoms with Crippen LogP contribution in [-0.2, 0) is 0 Å². The molecule has 1 unspecified atom stereocenters. The third kappa shape index (κ3) is 4.67. The Kier molecular flexibility index (Phi) is 6.74. The lowest BCUT2D eigenvalue weighted by Crippen LogP contribution is -2.21. The molecule has 2 heteroatoms. The Morgan fingerprint density at radius 2 is 2.06 bits per heavy atom. The van der Waals surface area contributed by atoms with Gasteiger partial charge < -0.3 is 5.32 Å². The monoisotopic (exact) mass is 239 g/mol. The van der Waals surface area contributed by atoms with Crippen LogP contribution in [0.4, 0.5) is 0 Å². The summed E-state index contributed by atoms with van der Waals surface area (Å²) in [6.45, 7) is 7.82. The van der Waals surface area contributed by atoms with E-state index in [4.69, 9.17) is 0 Å². The molecule has 1 aromatic rings. The van der Waals surface area contributed by atoms with Crippen LogP contribution in [0.1, 0.15) is 62.4 Å². The van der Waals surface area contributed by atoms with E-state index in [2.05, 4.69) is 37.5 Å². The Morgan fingerprint density at radius 3 is 2.62 bits per heavy atom. The topological polar surface area (TPSA) is 12.0 Å². The molecule has 0 aliphatic heterocycles. The number of aryl methyl sites for hydroxylation is 1. The van der Waals surface area contributed by atoms with Crippen molar-refractivity contribution in [2.24, 2.45) is 0 Å². The zero-order chi connectivity index (χ0) is 11.8. The number of nitrogens with one attached hydrogen (secondary N) is 1. The fourth-order valence-electron chi connectivity index (χ4n) is 1.95. The minimum atomic E-state index is 0.580. The molecule has 1 rings (SSSR count). The normalized spacial score (nSPS) is 12.9. The van der Waals surface area contributed by atoms with E-state index in [9.17, 15) is 0 Å². The van der Waals surface area contributed by atoms with Gasteiger partial charge in [-0.25, -0.2) is 0 Å². The highest BCUT2D eigenvalue weighted by Crippen LogP contribution is 2.24. The molecule has 0 bridgehead atoms. The second-order valence-electron chi connectivity index (χ2n) is 4.49. The van der Waals surface area contributed by atoms with Crippen molar-refractivity contribution in [2.75, 3.05) is 6.54 Å². The second-order valence-corrected chi connectivity index (χ2v) is 5.61. The summed E-state index contributed by atoms with van der Waals surface area (Å²) in [5.74, 6) is 0. The lowest BCUT2D eigenvalue weighted by Gasteiger charge is -2.17. The zero-order valence-electron chi connectivity index (χ0n) is 10.9. The number of unbranched alkanes of at least 4 members (excludes halogenated alkanes) is 2. The maximum Gasteiger partial charge on any atom is 0.0328 e. The first kappa shape index (κ1) is 13.7. The average molecular weight is 239 g/mol. The van der Waals surface area contributed by atoms with Gasteiger partial charge in [-0.2, -0.15) is 0 Å². The molecule has 0 radical (unpaired) electrons.